The number of anilines is 1. The van der Waals surface area contributed by atoms with Gasteiger partial charge in [0, 0.05) is 24.9 Å². The Hall–Kier alpha value is -2.54. The summed E-state index contributed by atoms with van der Waals surface area (Å²) in [5, 5.41) is 0. The van der Waals surface area contributed by atoms with Crippen LogP contribution < -0.4 is 4.90 Å². The van der Waals surface area contributed by atoms with Gasteiger partial charge in [-0.1, -0.05) is 19.9 Å². The molecular formula is C25H32F2N2O3. The zero-order chi connectivity index (χ0) is 23.7. The van der Waals surface area contributed by atoms with Crippen molar-refractivity contribution in [2.24, 2.45) is 5.92 Å². The largest absolute Gasteiger partial charge is 0.443 e. The predicted molar refractivity (Wildman–Crippen MR) is 119 cm³/mol. The summed E-state index contributed by atoms with van der Waals surface area (Å²) in [7, 11) is 0. The highest BCUT2D eigenvalue weighted by Gasteiger charge is 2.41. The van der Waals surface area contributed by atoms with Crippen molar-refractivity contribution in [2.75, 3.05) is 4.90 Å². The van der Waals surface area contributed by atoms with Crippen molar-refractivity contribution in [3.8, 4) is 0 Å². The van der Waals surface area contributed by atoms with Crippen LogP contribution in [0.1, 0.15) is 59.1 Å². The van der Waals surface area contributed by atoms with Gasteiger partial charge in [0.15, 0.2) is 0 Å². The summed E-state index contributed by atoms with van der Waals surface area (Å²) in [6, 6.07) is 5.37. The van der Waals surface area contributed by atoms with Crippen molar-refractivity contribution in [1.29, 1.82) is 0 Å². The standard InChI is InChI=1S/C25H32F2N2O3/c1-16(2)25(5,6)32-23(30)29-21-10-12-28-15-18(21)13-22(29)31-24(3,4)11-9-17-7-8-19(26)14-20(17)27/h7-8,10,12,14-16,22H,9,11,13H2,1-6H3. The second kappa shape index (κ2) is 9.14. The molecule has 3 rings (SSSR count). The average Bonchev–Trinajstić information content (AvgIpc) is 3.03. The lowest BCUT2D eigenvalue weighted by molar-refractivity contribution is -0.0751. The first-order valence-electron chi connectivity index (χ1n) is 11.0. The third-order valence-corrected chi connectivity index (χ3v) is 6.22. The Bertz CT molecular complexity index is 975. The van der Waals surface area contributed by atoms with Crippen LogP contribution in [-0.4, -0.2) is 28.5 Å². The molecule has 0 radical (unpaired) electrons. The zero-order valence-corrected chi connectivity index (χ0v) is 19.6. The van der Waals surface area contributed by atoms with Crippen LogP contribution in [0.2, 0.25) is 0 Å². The molecule has 2 aromatic rings. The third-order valence-electron chi connectivity index (χ3n) is 6.22. The molecule has 0 bridgehead atoms. The highest BCUT2D eigenvalue weighted by Crippen LogP contribution is 2.36. The molecule has 1 unspecified atom stereocenters. The van der Waals surface area contributed by atoms with E-state index in [1.54, 1.807) is 23.4 Å². The van der Waals surface area contributed by atoms with Crippen LogP contribution in [-0.2, 0) is 22.3 Å². The van der Waals surface area contributed by atoms with E-state index in [9.17, 15) is 13.6 Å². The lowest BCUT2D eigenvalue weighted by Crippen LogP contribution is -2.47. The number of aryl methyl sites for hydroxylation is 1. The smallest absolute Gasteiger partial charge is 0.416 e. The molecule has 0 saturated carbocycles. The van der Waals surface area contributed by atoms with Gasteiger partial charge in [-0.05, 0) is 69.7 Å². The number of hydrogen-bond donors (Lipinski definition) is 0. The molecule has 1 aliphatic heterocycles. The van der Waals surface area contributed by atoms with Gasteiger partial charge in [0.25, 0.3) is 0 Å². The molecule has 1 aliphatic rings. The summed E-state index contributed by atoms with van der Waals surface area (Å²) in [6.45, 7) is 11.6. The van der Waals surface area contributed by atoms with Crippen molar-refractivity contribution in [2.45, 2.75) is 78.2 Å². The monoisotopic (exact) mass is 446 g/mol. The summed E-state index contributed by atoms with van der Waals surface area (Å²) >= 11 is 0. The molecule has 5 nitrogen and oxygen atoms in total. The van der Waals surface area contributed by atoms with Crippen molar-refractivity contribution in [1.82, 2.24) is 4.98 Å². The van der Waals surface area contributed by atoms with Gasteiger partial charge in [-0.3, -0.25) is 9.88 Å². The Balaban J connectivity index is 1.76. The van der Waals surface area contributed by atoms with Crippen LogP contribution in [0.4, 0.5) is 19.3 Å². The van der Waals surface area contributed by atoms with Gasteiger partial charge in [0.05, 0.1) is 11.3 Å². The van der Waals surface area contributed by atoms with E-state index in [0.29, 0.717) is 24.8 Å². The minimum Gasteiger partial charge on any atom is -0.443 e. The third kappa shape index (κ3) is 5.44. The highest BCUT2D eigenvalue weighted by atomic mass is 19.1. The summed E-state index contributed by atoms with van der Waals surface area (Å²) in [6.07, 6.45) is 3.67. The Morgan fingerprint density at radius 1 is 1.22 bits per heavy atom. The molecule has 0 aliphatic carbocycles. The molecule has 1 atom stereocenters. The molecule has 1 aromatic carbocycles. The molecule has 1 aromatic heterocycles. The molecule has 0 fully saturated rings. The Morgan fingerprint density at radius 2 is 1.94 bits per heavy atom. The van der Waals surface area contributed by atoms with Gasteiger partial charge in [0.2, 0.25) is 0 Å². The number of carbonyl (C=O) groups excluding carboxylic acids is 1. The quantitative estimate of drug-likeness (QED) is 0.520. The van der Waals surface area contributed by atoms with E-state index in [2.05, 4.69) is 4.98 Å². The van der Waals surface area contributed by atoms with Gasteiger partial charge < -0.3 is 9.47 Å². The first-order valence-corrected chi connectivity index (χ1v) is 11.0. The van der Waals surface area contributed by atoms with E-state index in [0.717, 1.165) is 17.3 Å². The number of pyridine rings is 1. The lowest BCUT2D eigenvalue weighted by atomic mass is 9.95. The Kier molecular flexibility index (Phi) is 6.89. The number of nitrogens with zero attached hydrogens (tertiary/aromatic N) is 2. The minimum absolute atomic E-state index is 0.132. The Morgan fingerprint density at radius 3 is 2.59 bits per heavy atom. The fourth-order valence-corrected chi connectivity index (χ4v) is 3.54. The topological polar surface area (TPSA) is 51.7 Å². The molecule has 0 saturated heterocycles. The summed E-state index contributed by atoms with van der Waals surface area (Å²) < 4.78 is 39.5. The summed E-state index contributed by atoms with van der Waals surface area (Å²) in [5.41, 5.74) is 0.726. The van der Waals surface area contributed by atoms with Gasteiger partial charge >= 0.3 is 6.09 Å². The minimum atomic E-state index is -0.674. The first kappa shape index (κ1) is 24.1. The summed E-state index contributed by atoms with van der Waals surface area (Å²) in [5.74, 6) is -1.04. The van der Waals surface area contributed by atoms with E-state index >= 15 is 0 Å². The maximum absolute atomic E-state index is 14.0. The fourth-order valence-electron chi connectivity index (χ4n) is 3.54. The number of amides is 1. The number of fused-ring (bicyclic) bond motifs is 1. The number of carbonyl (C=O) groups is 1. The molecule has 7 heteroatoms. The number of ether oxygens (including phenoxy) is 2. The highest BCUT2D eigenvalue weighted by molar-refractivity contribution is 5.91. The lowest BCUT2D eigenvalue weighted by Gasteiger charge is -2.36. The van der Waals surface area contributed by atoms with Crippen molar-refractivity contribution in [3.05, 3.63) is 59.4 Å². The van der Waals surface area contributed by atoms with Gasteiger partial charge in [-0.25, -0.2) is 13.6 Å². The zero-order valence-electron chi connectivity index (χ0n) is 19.6. The number of aromatic nitrogens is 1. The number of benzene rings is 1. The maximum atomic E-state index is 14.0. The van der Waals surface area contributed by atoms with E-state index in [-0.39, 0.29) is 5.92 Å². The SMILES string of the molecule is CC(C)C(C)(C)OC(=O)N1c2ccncc2CC1OC(C)(C)CCc1ccc(F)cc1F. The van der Waals surface area contributed by atoms with Crippen molar-refractivity contribution >= 4 is 11.8 Å². The van der Waals surface area contributed by atoms with E-state index in [4.69, 9.17) is 9.47 Å². The molecule has 32 heavy (non-hydrogen) atoms. The van der Waals surface area contributed by atoms with Crippen LogP contribution in [0.15, 0.2) is 36.7 Å². The van der Waals surface area contributed by atoms with Crippen LogP contribution in [0.25, 0.3) is 0 Å². The molecule has 1 amide bonds. The number of halogens is 2. The van der Waals surface area contributed by atoms with Gasteiger partial charge in [-0.15, -0.1) is 0 Å². The predicted octanol–water partition coefficient (Wildman–Crippen LogP) is 6.05. The van der Waals surface area contributed by atoms with Crippen LogP contribution in [0.3, 0.4) is 0 Å². The second-order valence-electron chi connectivity index (χ2n) is 9.77. The average molecular weight is 447 g/mol. The number of hydrogen-bond acceptors (Lipinski definition) is 4. The first-order chi connectivity index (χ1) is 14.9. The molecule has 0 spiro atoms. The Labute approximate surface area is 188 Å². The number of rotatable bonds is 7. The molecule has 174 valence electrons. The van der Waals surface area contributed by atoms with Crippen LogP contribution >= 0.6 is 0 Å². The van der Waals surface area contributed by atoms with Gasteiger partial charge in [0.1, 0.15) is 23.5 Å². The molecule has 0 N–H and O–H groups in total. The van der Waals surface area contributed by atoms with Crippen molar-refractivity contribution in [3.63, 3.8) is 0 Å². The van der Waals surface area contributed by atoms with Gasteiger partial charge in [-0.2, -0.15) is 0 Å². The van der Waals surface area contributed by atoms with Crippen LogP contribution in [0.5, 0.6) is 0 Å². The summed E-state index contributed by atoms with van der Waals surface area (Å²) in [4.78, 5) is 18.9. The molecular weight excluding hydrogens is 414 g/mol. The normalized spacial score (nSPS) is 16.4. The second-order valence-corrected chi connectivity index (χ2v) is 9.77. The maximum Gasteiger partial charge on any atom is 0.416 e. The van der Waals surface area contributed by atoms with Crippen molar-refractivity contribution < 1.29 is 23.0 Å². The van der Waals surface area contributed by atoms with E-state index < -0.39 is 35.2 Å². The van der Waals surface area contributed by atoms with Crippen LogP contribution in [0, 0.1) is 17.6 Å². The molecule has 2 heterocycles. The van der Waals surface area contributed by atoms with E-state index in [1.165, 1.54) is 12.1 Å². The fraction of sp³-hybridized carbons (Fsp3) is 0.520. The van der Waals surface area contributed by atoms with E-state index in [1.807, 2.05) is 41.5 Å².